The second kappa shape index (κ2) is 5.38. The highest BCUT2D eigenvalue weighted by atomic mass is 16.4. The lowest BCUT2D eigenvalue weighted by atomic mass is 10.0. The Hall–Kier alpha value is -1.58. The highest BCUT2D eigenvalue weighted by Crippen LogP contribution is 2.24. The van der Waals surface area contributed by atoms with Crippen LogP contribution in [0.3, 0.4) is 0 Å². The summed E-state index contributed by atoms with van der Waals surface area (Å²) in [6.45, 7) is 5.96. The smallest absolute Gasteiger partial charge is 0.339 e. The molecule has 0 amide bonds. The van der Waals surface area contributed by atoms with Crippen LogP contribution in [0.1, 0.15) is 42.2 Å². The zero-order valence-electron chi connectivity index (χ0n) is 11.0. The average molecular weight is 248 g/mol. The number of hydrogen-bond acceptors (Lipinski definition) is 3. The molecule has 1 aromatic heterocycles. The molecule has 0 saturated carbocycles. The van der Waals surface area contributed by atoms with Gasteiger partial charge in [-0.3, -0.25) is 0 Å². The summed E-state index contributed by atoms with van der Waals surface area (Å²) in [5.41, 5.74) is 1.18. The monoisotopic (exact) mass is 248 g/mol. The van der Waals surface area contributed by atoms with Crippen molar-refractivity contribution in [3.8, 4) is 0 Å². The Kier molecular flexibility index (Phi) is 3.84. The van der Waals surface area contributed by atoms with Crippen LogP contribution in [-0.4, -0.2) is 29.1 Å². The number of aromatic nitrogens is 1. The molecule has 98 valence electrons. The predicted molar refractivity (Wildman–Crippen MR) is 71.2 cm³/mol. The van der Waals surface area contributed by atoms with Crippen LogP contribution in [0.15, 0.2) is 12.1 Å². The van der Waals surface area contributed by atoms with Crippen molar-refractivity contribution in [2.75, 3.05) is 18.0 Å². The van der Waals surface area contributed by atoms with Gasteiger partial charge in [0.2, 0.25) is 0 Å². The van der Waals surface area contributed by atoms with Crippen molar-refractivity contribution in [2.24, 2.45) is 5.92 Å². The van der Waals surface area contributed by atoms with Gasteiger partial charge >= 0.3 is 5.97 Å². The molecule has 1 aliphatic rings. The van der Waals surface area contributed by atoms with Crippen molar-refractivity contribution in [1.82, 2.24) is 4.98 Å². The summed E-state index contributed by atoms with van der Waals surface area (Å²) in [5.74, 6) is 0.458. The molecular weight excluding hydrogens is 228 g/mol. The number of carbonyl (C=O) groups is 1. The van der Waals surface area contributed by atoms with Gasteiger partial charge < -0.3 is 10.0 Å². The van der Waals surface area contributed by atoms with E-state index in [1.165, 1.54) is 6.42 Å². The normalized spacial score (nSPS) is 20.6. The Labute approximate surface area is 108 Å². The van der Waals surface area contributed by atoms with Crippen LogP contribution >= 0.6 is 0 Å². The molecule has 0 spiro atoms. The van der Waals surface area contributed by atoms with E-state index in [1.54, 1.807) is 12.1 Å². The molecule has 2 rings (SSSR count). The zero-order chi connectivity index (χ0) is 13.1. The topological polar surface area (TPSA) is 53.4 Å². The van der Waals surface area contributed by atoms with Crippen LogP contribution in [0, 0.1) is 12.8 Å². The quantitative estimate of drug-likeness (QED) is 0.874. The lowest BCUT2D eigenvalue weighted by molar-refractivity contribution is 0.0697. The molecule has 1 fully saturated rings. The molecule has 1 saturated heterocycles. The standard InChI is InChI=1S/C14H20N2O2/c1-10-4-3-8-16(9-7-10)13-12(14(17)18)6-5-11(2)15-13/h5-6,10H,3-4,7-9H2,1-2H3,(H,17,18). The fraction of sp³-hybridized carbons (Fsp3) is 0.571. The van der Waals surface area contributed by atoms with Gasteiger partial charge in [-0.25, -0.2) is 9.78 Å². The maximum Gasteiger partial charge on any atom is 0.339 e. The number of anilines is 1. The minimum atomic E-state index is -0.894. The molecule has 2 heterocycles. The van der Waals surface area contributed by atoms with E-state index in [1.807, 2.05) is 6.92 Å². The third-order valence-corrected chi connectivity index (χ3v) is 3.56. The highest BCUT2D eigenvalue weighted by Gasteiger charge is 2.20. The molecule has 1 atom stereocenters. The van der Waals surface area contributed by atoms with Gasteiger partial charge in [-0.2, -0.15) is 0 Å². The third-order valence-electron chi connectivity index (χ3n) is 3.56. The van der Waals surface area contributed by atoms with Crippen LogP contribution in [0.25, 0.3) is 0 Å². The SMILES string of the molecule is Cc1ccc(C(=O)O)c(N2CCCC(C)CC2)n1. The summed E-state index contributed by atoms with van der Waals surface area (Å²) in [4.78, 5) is 17.8. The molecule has 4 heteroatoms. The minimum absolute atomic E-state index is 0.315. The molecule has 1 N–H and O–H groups in total. The summed E-state index contributed by atoms with van der Waals surface area (Å²) in [6, 6.07) is 3.42. The van der Waals surface area contributed by atoms with Crippen LogP contribution in [0.5, 0.6) is 0 Å². The first-order valence-corrected chi connectivity index (χ1v) is 6.54. The van der Waals surface area contributed by atoms with E-state index in [0.29, 0.717) is 17.3 Å². The molecule has 18 heavy (non-hydrogen) atoms. The van der Waals surface area contributed by atoms with E-state index in [2.05, 4.69) is 16.8 Å². The number of carboxylic acids is 1. The molecule has 1 aliphatic heterocycles. The van der Waals surface area contributed by atoms with Gasteiger partial charge in [-0.05, 0) is 44.2 Å². The van der Waals surface area contributed by atoms with E-state index in [-0.39, 0.29) is 0 Å². The zero-order valence-corrected chi connectivity index (χ0v) is 11.0. The van der Waals surface area contributed by atoms with Crippen LogP contribution in [0.4, 0.5) is 5.82 Å². The van der Waals surface area contributed by atoms with Gasteiger partial charge in [-0.15, -0.1) is 0 Å². The average Bonchev–Trinajstić information content (AvgIpc) is 2.53. The maximum absolute atomic E-state index is 11.3. The van der Waals surface area contributed by atoms with Crippen molar-refractivity contribution >= 4 is 11.8 Å². The third kappa shape index (κ3) is 2.81. The summed E-state index contributed by atoms with van der Waals surface area (Å²) in [5, 5.41) is 9.24. The first kappa shape index (κ1) is 12.9. The fourth-order valence-corrected chi connectivity index (χ4v) is 2.43. The van der Waals surface area contributed by atoms with Gasteiger partial charge in [0.05, 0.1) is 0 Å². The number of aryl methyl sites for hydroxylation is 1. The summed E-state index contributed by atoms with van der Waals surface area (Å²) in [6.07, 6.45) is 3.43. The van der Waals surface area contributed by atoms with Crippen molar-refractivity contribution in [3.63, 3.8) is 0 Å². The predicted octanol–water partition coefficient (Wildman–Crippen LogP) is 2.71. The van der Waals surface area contributed by atoms with Gasteiger partial charge in [0.15, 0.2) is 0 Å². The molecule has 4 nitrogen and oxygen atoms in total. The number of nitrogens with zero attached hydrogens (tertiary/aromatic N) is 2. The molecule has 0 aliphatic carbocycles. The largest absolute Gasteiger partial charge is 0.478 e. The number of pyridine rings is 1. The van der Waals surface area contributed by atoms with Crippen LogP contribution < -0.4 is 4.90 Å². The van der Waals surface area contributed by atoms with Crippen molar-refractivity contribution in [2.45, 2.75) is 33.1 Å². The second-order valence-corrected chi connectivity index (χ2v) is 5.15. The molecule has 0 radical (unpaired) electrons. The second-order valence-electron chi connectivity index (χ2n) is 5.15. The highest BCUT2D eigenvalue weighted by molar-refractivity contribution is 5.93. The van der Waals surface area contributed by atoms with E-state index < -0.39 is 5.97 Å². The first-order chi connectivity index (χ1) is 8.58. The molecule has 1 unspecified atom stereocenters. The van der Waals surface area contributed by atoms with E-state index in [0.717, 1.165) is 31.6 Å². The summed E-state index contributed by atoms with van der Waals surface area (Å²) >= 11 is 0. The molecule has 0 bridgehead atoms. The Morgan fingerprint density at radius 1 is 1.39 bits per heavy atom. The van der Waals surface area contributed by atoms with E-state index >= 15 is 0 Å². The molecule has 1 aromatic rings. The minimum Gasteiger partial charge on any atom is -0.478 e. The van der Waals surface area contributed by atoms with Crippen LogP contribution in [-0.2, 0) is 0 Å². The number of aromatic carboxylic acids is 1. The van der Waals surface area contributed by atoms with E-state index in [4.69, 9.17) is 0 Å². The Morgan fingerprint density at radius 2 is 2.17 bits per heavy atom. The Morgan fingerprint density at radius 3 is 2.89 bits per heavy atom. The number of carboxylic acid groups (broad SMARTS) is 1. The molecular formula is C14H20N2O2. The Bertz CT molecular complexity index is 445. The Balaban J connectivity index is 2.30. The van der Waals surface area contributed by atoms with Gasteiger partial charge in [0, 0.05) is 18.8 Å². The number of rotatable bonds is 2. The van der Waals surface area contributed by atoms with Crippen LogP contribution in [0.2, 0.25) is 0 Å². The molecule has 0 aromatic carbocycles. The number of hydrogen-bond donors (Lipinski definition) is 1. The maximum atomic E-state index is 11.3. The van der Waals surface area contributed by atoms with Gasteiger partial charge in [-0.1, -0.05) is 6.92 Å². The van der Waals surface area contributed by atoms with Crippen molar-refractivity contribution in [3.05, 3.63) is 23.4 Å². The summed E-state index contributed by atoms with van der Waals surface area (Å²) < 4.78 is 0. The lowest BCUT2D eigenvalue weighted by Crippen LogP contribution is -2.27. The van der Waals surface area contributed by atoms with Gasteiger partial charge in [0.1, 0.15) is 11.4 Å². The van der Waals surface area contributed by atoms with Crippen molar-refractivity contribution < 1.29 is 9.90 Å². The van der Waals surface area contributed by atoms with E-state index in [9.17, 15) is 9.90 Å². The fourth-order valence-electron chi connectivity index (χ4n) is 2.43. The summed E-state index contributed by atoms with van der Waals surface area (Å²) in [7, 11) is 0. The first-order valence-electron chi connectivity index (χ1n) is 6.54. The van der Waals surface area contributed by atoms with Gasteiger partial charge in [0.25, 0.3) is 0 Å². The van der Waals surface area contributed by atoms with Crippen molar-refractivity contribution in [1.29, 1.82) is 0 Å². The lowest BCUT2D eigenvalue weighted by Gasteiger charge is -2.23.